The number of β-lactam (4-membered cyclic amide) rings is 1. The van der Waals surface area contributed by atoms with Crippen molar-refractivity contribution in [2.45, 2.75) is 30.7 Å². The van der Waals surface area contributed by atoms with Crippen molar-refractivity contribution >= 4 is 57.8 Å². The van der Waals surface area contributed by atoms with Crippen molar-refractivity contribution < 1.29 is 38.0 Å². The molecular weight excluding hydrogens is 543 g/mol. The minimum atomic E-state index is -1.30. The molecule has 0 aromatic carbocycles. The number of alkyl halides is 1. The van der Waals surface area contributed by atoms with E-state index in [1.54, 1.807) is 0 Å². The number of nitrogens with zero attached hydrogens (tertiary/aromatic N) is 5. The minimum Gasteiger partial charge on any atom is -0.477 e. The second kappa shape index (κ2) is 9.77. The molecule has 14 nitrogen and oxygen atoms in total. The van der Waals surface area contributed by atoms with E-state index in [0.717, 1.165) is 31.2 Å². The van der Waals surface area contributed by atoms with Crippen LogP contribution in [0.5, 0.6) is 0 Å². The number of carboxylic acids is 1. The van der Waals surface area contributed by atoms with Crippen LogP contribution in [0.3, 0.4) is 0 Å². The first-order valence-corrected chi connectivity index (χ1v) is 13.6. The maximum atomic E-state index is 13.1. The number of carbonyl (C=O) groups is 4. The van der Waals surface area contributed by atoms with Crippen molar-refractivity contribution in [1.29, 1.82) is 0 Å². The number of primary amides is 1. The number of halogens is 1. The molecule has 5 aliphatic heterocycles. The van der Waals surface area contributed by atoms with E-state index in [1.165, 1.54) is 16.7 Å². The molecule has 3 amide bonds. The summed E-state index contributed by atoms with van der Waals surface area (Å²) in [6.45, 7) is 1.32. The number of aromatic nitrogens is 2. The zero-order chi connectivity index (χ0) is 27.2. The predicted octanol–water partition coefficient (Wildman–Crippen LogP) is -1.01. The molecule has 1 aromatic rings. The lowest BCUT2D eigenvalue weighted by Gasteiger charge is -2.55. The molecule has 38 heavy (non-hydrogen) atoms. The number of nitrogen functional groups attached to an aromatic ring is 1. The Morgan fingerprint density at radius 2 is 1.97 bits per heavy atom. The molecule has 0 saturated carbocycles. The van der Waals surface area contributed by atoms with Gasteiger partial charge in [0, 0.05) is 42.1 Å². The van der Waals surface area contributed by atoms with Crippen LogP contribution in [0.25, 0.3) is 0 Å². The summed E-state index contributed by atoms with van der Waals surface area (Å²) in [5.41, 5.74) is 10.9. The van der Waals surface area contributed by atoms with Crippen LogP contribution < -0.4 is 16.8 Å². The number of aliphatic carboxylic acids is 1. The number of nitrogens with one attached hydrogen (secondary N) is 1. The van der Waals surface area contributed by atoms with Crippen molar-refractivity contribution in [1.82, 2.24) is 19.6 Å². The third-order valence-corrected chi connectivity index (χ3v) is 9.73. The summed E-state index contributed by atoms with van der Waals surface area (Å²) in [5.74, 6) is -2.80. The van der Waals surface area contributed by atoms with Gasteiger partial charge in [0.2, 0.25) is 17.4 Å². The van der Waals surface area contributed by atoms with E-state index in [2.05, 4.69) is 24.7 Å². The average molecular weight is 570 g/mol. The minimum absolute atomic E-state index is 0.0485. The Labute approximate surface area is 224 Å². The SMILES string of the molecule is NC(=O)C12CC[N+](CC3=C(C(=O)O)N4C(=O)[C@@H](NC(=O)/C(=N\OCF)c5nsc(N)n5)[C@H]4SC3)(CC1)CC2. The standard InChI is InChI=1S/C21H25FN8O6S2/c22-9-36-27-11(14-26-20(24)38-28-14)15(31)25-12-16(32)29-13(18(33)34)10(8-37-17(12)29)7-30-4-1-21(2-5-30,3-6-30)19(23)35/h12,17H,1-9H2,(H5-,23,24,25,26,28,31,33,34,35)/p+1/b27-11-/t12-,17-,21?,30?/m1/s1. The monoisotopic (exact) mass is 569 g/mol. The maximum absolute atomic E-state index is 13.1. The molecule has 6 rings (SSSR count). The molecule has 204 valence electrons. The van der Waals surface area contributed by atoms with E-state index in [4.69, 9.17) is 11.5 Å². The molecule has 0 radical (unpaired) electrons. The molecule has 5 aliphatic rings. The van der Waals surface area contributed by atoms with Gasteiger partial charge < -0.3 is 31.2 Å². The topological polar surface area (TPSA) is 203 Å². The summed E-state index contributed by atoms with van der Waals surface area (Å²) in [5, 5.41) is 15.4. The summed E-state index contributed by atoms with van der Waals surface area (Å²) in [7, 11) is 0. The number of carboxylic acid groups (broad SMARTS) is 1. The fourth-order valence-corrected chi connectivity index (χ4v) is 7.46. The van der Waals surface area contributed by atoms with Crippen molar-refractivity contribution in [3.63, 3.8) is 0 Å². The fraction of sp³-hybridized carbons (Fsp3) is 0.571. The highest BCUT2D eigenvalue weighted by molar-refractivity contribution is 8.00. The van der Waals surface area contributed by atoms with Crippen LogP contribution in [0.2, 0.25) is 0 Å². The zero-order valence-electron chi connectivity index (χ0n) is 20.1. The van der Waals surface area contributed by atoms with E-state index >= 15 is 0 Å². The van der Waals surface area contributed by atoms with Crippen LogP contribution in [0.1, 0.15) is 25.1 Å². The lowest BCUT2D eigenvalue weighted by Crippen LogP contribution is -2.71. The summed E-state index contributed by atoms with van der Waals surface area (Å²) >= 11 is 2.14. The summed E-state index contributed by atoms with van der Waals surface area (Å²) in [6.07, 6.45) is 2.00. The van der Waals surface area contributed by atoms with Crippen molar-refractivity contribution in [3.8, 4) is 0 Å². The number of carbonyl (C=O) groups excluding carboxylic acids is 3. The number of quaternary nitrogens is 1. The molecule has 2 atom stereocenters. The predicted molar refractivity (Wildman–Crippen MR) is 133 cm³/mol. The number of hydrogen-bond acceptors (Lipinski definition) is 11. The van der Waals surface area contributed by atoms with E-state index in [1.807, 2.05) is 0 Å². The number of oxime groups is 1. The van der Waals surface area contributed by atoms with Crippen molar-refractivity contribution in [2.24, 2.45) is 16.3 Å². The van der Waals surface area contributed by atoms with Gasteiger partial charge in [-0.3, -0.25) is 19.3 Å². The van der Waals surface area contributed by atoms with E-state index < -0.39 is 47.2 Å². The number of hydrogen-bond donors (Lipinski definition) is 4. The van der Waals surface area contributed by atoms with Crippen LogP contribution in [-0.2, 0) is 24.0 Å². The molecule has 0 spiro atoms. The van der Waals surface area contributed by atoms with Gasteiger partial charge in [-0.2, -0.15) is 9.36 Å². The van der Waals surface area contributed by atoms with Gasteiger partial charge in [-0.05, 0) is 0 Å². The van der Waals surface area contributed by atoms with Crippen LogP contribution in [0.15, 0.2) is 16.4 Å². The second-order valence-corrected chi connectivity index (χ2v) is 11.7. The highest BCUT2D eigenvalue weighted by atomic mass is 32.2. The van der Waals surface area contributed by atoms with Gasteiger partial charge >= 0.3 is 5.97 Å². The third-order valence-electron chi connectivity index (χ3n) is 7.85. The van der Waals surface area contributed by atoms with Gasteiger partial charge in [0.25, 0.3) is 18.7 Å². The Balaban J connectivity index is 1.32. The van der Waals surface area contributed by atoms with Crippen LogP contribution >= 0.6 is 23.3 Å². The van der Waals surface area contributed by atoms with Crippen LogP contribution in [-0.4, -0.2) is 103 Å². The molecule has 6 heterocycles. The van der Waals surface area contributed by atoms with Crippen molar-refractivity contribution in [3.05, 3.63) is 17.1 Å². The number of anilines is 1. The van der Waals surface area contributed by atoms with Crippen molar-refractivity contribution in [2.75, 3.05) is 44.5 Å². The first-order chi connectivity index (χ1) is 18.1. The second-order valence-electron chi connectivity index (χ2n) is 9.82. The average Bonchev–Trinajstić information content (AvgIpc) is 3.33. The number of piperidine rings is 3. The summed E-state index contributed by atoms with van der Waals surface area (Å²) in [6, 6.07) is -1.04. The number of rotatable bonds is 9. The molecule has 1 aromatic heterocycles. The molecule has 4 fully saturated rings. The Bertz CT molecular complexity index is 1240. The molecule has 4 saturated heterocycles. The smallest absolute Gasteiger partial charge is 0.352 e. The fourth-order valence-electron chi connectivity index (χ4n) is 5.69. The lowest BCUT2D eigenvalue weighted by atomic mass is 9.70. The molecule has 0 unspecified atom stereocenters. The molecular formula is C21H26FN8O6S2+. The largest absolute Gasteiger partial charge is 0.477 e. The van der Waals surface area contributed by atoms with Crippen LogP contribution in [0.4, 0.5) is 9.52 Å². The molecule has 2 bridgehead atoms. The number of amides is 3. The van der Waals surface area contributed by atoms with Gasteiger partial charge in [-0.15, -0.1) is 11.8 Å². The first kappa shape index (κ1) is 26.3. The summed E-state index contributed by atoms with van der Waals surface area (Å²) < 4.78 is 17.1. The molecule has 17 heteroatoms. The van der Waals surface area contributed by atoms with Gasteiger partial charge in [0.1, 0.15) is 23.7 Å². The highest BCUT2D eigenvalue weighted by Crippen LogP contribution is 2.46. The van der Waals surface area contributed by atoms with E-state index in [0.29, 0.717) is 41.6 Å². The quantitative estimate of drug-likeness (QED) is 0.123. The Morgan fingerprint density at radius 1 is 1.29 bits per heavy atom. The summed E-state index contributed by atoms with van der Waals surface area (Å²) in [4.78, 5) is 59.7. The lowest BCUT2D eigenvalue weighted by molar-refractivity contribution is -0.940. The first-order valence-electron chi connectivity index (χ1n) is 11.8. The van der Waals surface area contributed by atoms with Gasteiger partial charge in [0.05, 0.1) is 25.0 Å². The molecule has 6 N–H and O–H groups in total. The third kappa shape index (κ3) is 4.37. The Hall–Kier alpha value is -3.31. The number of thioether (sulfide) groups is 1. The molecule has 0 aliphatic carbocycles. The Kier molecular flexibility index (Phi) is 6.77. The number of fused-ring (bicyclic) bond motifs is 4. The maximum Gasteiger partial charge on any atom is 0.352 e. The number of nitrogens with two attached hydrogens (primary N) is 2. The highest BCUT2D eigenvalue weighted by Gasteiger charge is 2.57. The normalized spacial score (nSPS) is 30.5. The van der Waals surface area contributed by atoms with Gasteiger partial charge in [0.15, 0.2) is 5.13 Å². The van der Waals surface area contributed by atoms with E-state index in [9.17, 15) is 28.7 Å². The Morgan fingerprint density at radius 3 is 2.53 bits per heavy atom. The van der Waals surface area contributed by atoms with Crippen LogP contribution in [0, 0.1) is 5.41 Å². The zero-order valence-corrected chi connectivity index (χ0v) is 21.7. The van der Waals surface area contributed by atoms with Gasteiger partial charge in [-0.25, -0.2) is 9.18 Å². The van der Waals surface area contributed by atoms with Gasteiger partial charge in [-0.1, -0.05) is 5.16 Å². The van der Waals surface area contributed by atoms with E-state index in [-0.39, 0.29) is 22.6 Å².